The minimum atomic E-state index is -3.16. The van der Waals surface area contributed by atoms with Gasteiger partial charge < -0.3 is 4.42 Å². The fourth-order valence-corrected chi connectivity index (χ4v) is 4.95. The molecule has 1 aromatic heterocycles. The second-order valence-electron chi connectivity index (χ2n) is 6.38. The van der Waals surface area contributed by atoms with Crippen LogP contribution in [-0.4, -0.2) is 42.8 Å². The average Bonchev–Trinajstić information content (AvgIpc) is 2.83. The first kappa shape index (κ1) is 18.8. The van der Waals surface area contributed by atoms with Crippen molar-refractivity contribution < 1.29 is 12.8 Å². The van der Waals surface area contributed by atoms with Crippen LogP contribution in [0.5, 0.6) is 0 Å². The maximum Gasteiger partial charge on any atom is 0.270 e. The van der Waals surface area contributed by atoms with Crippen molar-refractivity contribution in [3.63, 3.8) is 0 Å². The molecule has 0 aliphatic carbocycles. The normalized spacial score (nSPS) is 17.4. The first-order valence-electron chi connectivity index (χ1n) is 8.39. The summed E-state index contributed by atoms with van der Waals surface area (Å²) < 4.78 is 34.1. The Kier molecular flexibility index (Phi) is 5.85. The number of nitrogens with one attached hydrogen (secondary N) is 1. The maximum absolute atomic E-state index is 11.9. The third-order valence-electron chi connectivity index (χ3n) is 4.38. The number of rotatable bonds is 6. The van der Waals surface area contributed by atoms with E-state index in [1.54, 1.807) is 6.07 Å². The molecular formula is C16H22ClN3O3S2. The third kappa shape index (κ3) is 4.62. The molecule has 1 fully saturated rings. The van der Waals surface area contributed by atoms with Crippen molar-refractivity contribution in [1.82, 2.24) is 14.2 Å². The average molecular weight is 404 g/mol. The number of likely N-dealkylation sites (tertiary alicyclic amines) is 1. The van der Waals surface area contributed by atoms with Crippen molar-refractivity contribution in [1.29, 1.82) is 0 Å². The Balaban J connectivity index is 1.63. The van der Waals surface area contributed by atoms with Crippen molar-refractivity contribution in [3.05, 3.63) is 28.1 Å². The smallest absolute Gasteiger partial charge is 0.270 e. The Morgan fingerprint density at radius 3 is 2.76 bits per heavy atom. The Hall–Kier alpha value is -0.930. The second kappa shape index (κ2) is 7.75. The maximum atomic E-state index is 11.9. The van der Waals surface area contributed by atoms with E-state index in [-0.39, 0.29) is 11.8 Å². The number of oxazole rings is 1. The van der Waals surface area contributed by atoms with Gasteiger partial charge in [-0.25, -0.2) is 13.1 Å². The number of sulfonamides is 1. The van der Waals surface area contributed by atoms with Gasteiger partial charge >= 0.3 is 0 Å². The highest BCUT2D eigenvalue weighted by Gasteiger charge is 2.23. The number of benzene rings is 1. The van der Waals surface area contributed by atoms with E-state index in [1.165, 1.54) is 0 Å². The van der Waals surface area contributed by atoms with Crippen LogP contribution >= 0.6 is 23.8 Å². The van der Waals surface area contributed by atoms with Crippen LogP contribution in [0.3, 0.4) is 0 Å². The van der Waals surface area contributed by atoms with E-state index >= 15 is 0 Å². The van der Waals surface area contributed by atoms with Crippen molar-refractivity contribution in [2.75, 3.05) is 18.8 Å². The lowest BCUT2D eigenvalue weighted by molar-refractivity contribution is 0.165. The molecular weight excluding hydrogens is 382 g/mol. The van der Waals surface area contributed by atoms with Crippen molar-refractivity contribution in [2.24, 2.45) is 0 Å². The summed E-state index contributed by atoms with van der Waals surface area (Å²) in [5, 5.41) is 0.614. The molecule has 1 saturated heterocycles. The Morgan fingerprint density at radius 2 is 2.08 bits per heavy atom. The molecule has 0 bridgehead atoms. The molecule has 2 heterocycles. The fourth-order valence-electron chi connectivity index (χ4n) is 3.15. The van der Waals surface area contributed by atoms with Crippen molar-refractivity contribution >= 4 is 44.9 Å². The van der Waals surface area contributed by atoms with Gasteiger partial charge in [-0.1, -0.05) is 18.5 Å². The largest absolute Gasteiger partial charge is 0.429 e. The van der Waals surface area contributed by atoms with Crippen LogP contribution in [0.15, 0.2) is 22.6 Å². The van der Waals surface area contributed by atoms with Gasteiger partial charge in [0.1, 0.15) is 0 Å². The molecule has 2 aromatic rings. The zero-order valence-electron chi connectivity index (χ0n) is 14.1. The van der Waals surface area contributed by atoms with Crippen LogP contribution in [0, 0.1) is 4.84 Å². The summed E-state index contributed by atoms with van der Waals surface area (Å²) in [6.45, 7) is 4.11. The zero-order valence-corrected chi connectivity index (χ0v) is 16.5. The van der Waals surface area contributed by atoms with Crippen LogP contribution in [-0.2, 0) is 16.7 Å². The first-order chi connectivity index (χ1) is 11.9. The highest BCUT2D eigenvalue weighted by Crippen LogP contribution is 2.23. The standard InChI is InChI=1S/C16H22ClN3O3S2/c1-2-9-25(21,22)18-13-5-7-19(8-6-13)11-20-14-4-3-12(17)10-15(14)23-16(20)24/h3-4,10,13,18H,2,5-9,11H2,1H3. The zero-order chi connectivity index (χ0) is 18.0. The molecule has 25 heavy (non-hydrogen) atoms. The van der Waals surface area contributed by atoms with E-state index in [0.29, 0.717) is 28.5 Å². The van der Waals surface area contributed by atoms with E-state index in [9.17, 15) is 8.42 Å². The van der Waals surface area contributed by atoms with E-state index in [2.05, 4.69) is 9.62 Å². The molecule has 0 spiro atoms. The lowest BCUT2D eigenvalue weighted by Gasteiger charge is -2.32. The van der Waals surface area contributed by atoms with Crippen LogP contribution in [0.1, 0.15) is 26.2 Å². The molecule has 0 saturated carbocycles. The minimum absolute atomic E-state index is 0.0145. The van der Waals surface area contributed by atoms with Gasteiger partial charge in [-0.3, -0.25) is 9.47 Å². The molecule has 1 N–H and O–H groups in total. The summed E-state index contributed by atoms with van der Waals surface area (Å²) in [4.78, 5) is 2.67. The molecule has 0 atom stereocenters. The number of fused-ring (bicyclic) bond motifs is 1. The molecule has 1 aliphatic heterocycles. The Bertz CT molecular complexity index is 899. The van der Waals surface area contributed by atoms with Crippen LogP contribution in [0.2, 0.25) is 5.02 Å². The number of piperidine rings is 1. The predicted molar refractivity (Wildman–Crippen MR) is 102 cm³/mol. The van der Waals surface area contributed by atoms with E-state index in [4.69, 9.17) is 28.2 Å². The predicted octanol–water partition coefficient (Wildman–Crippen LogP) is 3.37. The van der Waals surface area contributed by atoms with Gasteiger partial charge in [0.15, 0.2) is 5.58 Å². The monoisotopic (exact) mass is 403 g/mol. The van der Waals surface area contributed by atoms with Crippen molar-refractivity contribution in [3.8, 4) is 0 Å². The van der Waals surface area contributed by atoms with Crippen molar-refractivity contribution in [2.45, 2.75) is 38.9 Å². The van der Waals surface area contributed by atoms with Crippen LogP contribution < -0.4 is 4.72 Å². The first-order valence-corrected chi connectivity index (χ1v) is 10.8. The summed E-state index contributed by atoms with van der Waals surface area (Å²) in [5.41, 5.74) is 1.60. The van der Waals surface area contributed by atoms with Gasteiger partial charge in [-0.2, -0.15) is 0 Å². The summed E-state index contributed by atoms with van der Waals surface area (Å²) in [5.74, 6) is 0.186. The lowest BCUT2D eigenvalue weighted by Crippen LogP contribution is -2.45. The topological polar surface area (TPSA) is 67.5 Å². The quantitative estimate of drug-likeness (QED) is 0.749. The van der Waals surface area contributed by atoms with Crippen LogP contribution in [0.25, 0.3) is 11.1 Å². The van der Waals surface area contributed by atoms with Gasteiger partial charge in [0, 0.05) is 30.2 Å². The third-order valence-corrected chi connectivity index (χ3v) is 6.56. The fraction of sp³-hybridized carbons (Fsp3) is 0.562. The Morgan fingerprint density at radius 1 is 1.36 bits per heavy atom. The summed E-state index contributed by atoms with van der Waals surface area (Å²) in [7, 11) is -3.16. The van der Waals surface area contributed by atoms with E-state index in [0.717, 1.165) is 31.4 Å². The molecule has 3 rings (SSSR count). The lowest BCUT2D eigenvalue weighted by atomic mass is 10.1. The molecule has 0 unspecified atom stereocenters. The molecule has 0 radical (unpaired) electrons. The summed E-state index contributed by atoms with van der Waals surface area (Å²) >= 11 is 11.3. The van der Waals surface area contributed by atoms with Crippen LogP contribution in [0.4, 0.5) is 0 Å². The molecule has 9 heteroatoms. The molecule has 6 nitrogen and oxygen atoms in total. The molecule has 138 valence electrons. The number of halogens is 1. The number of hydrogen-bond acceptors (Lipinski definition) is 5. The molecule has 1 aromatic carbocycles. The Labute approximate surface area is 157 Å². The summed E-state index contributed by atoms with van der Waals surface area (Å²) in [6.07, 6.45) is 2.21. The minimum Gasteiger partial charge on any atom is -0.429 e. The SMILES string of the molecule is CCCS(=O)(=O)NC1CCN(Cn2c(=S)oc3cc(Cl)ccc32)CC1. The number of nitrogens with zero attached hydrogens (tertiary/aromatic N) is 2. The van der Waals surface area contributed by atoms with Gasteiger partial charge in [-0.15, -0.1) is 0 Å². The van der Waals surface area contributed by atoms with Gasteiger partial charge in [0.2, 0.25) is 10.0 Å². The van der Waals surface area contributed by atoms with Gasteiger partial charge in [-0.05, 0) is 43.6 Å². The number of aromatic nitrogens is 1. The number of hydrogen-bond donors (Lipinski definition) is 1. The second-order valence-corrected chi connectivity index (χ2v) is 9.04. The van der Waals surface area contributed by atoms with Gasteiger partial charge in [0.05, 0.1) is 17.9 Å². The van der Waals surface area contributed by atoms with E-state index in [1.807, 2.05) is 23.6 Å². The molecule has 0 amide bonds. The summed E-state index contributed by atoms with van der Waals surface area (Å²) in [6, 6.07) is 5.50. The van der Waals surface area contributed by atoms with E-state index < -0.39 is 10.0 Å². The highest BCUT2D eigenvalue weighted by atomic mass is 35.5. The molecule has 1 aliphatic rings. The highest BCUT2D eigenvalue weighted by molar-refractivity contribution is 7.89. The van der Waals surface area contributed by atoms with Gasteiger partial charge in [0.25, 0.3) is 4.84 Å².